The van der Waals surface area contributed by atoms with E-state index in [2.05, 4.69) is 15.0 Å². The molecule has 2 N–H and O–H groups in total. The van der Waals surface area contributed by atoms with Crippen molar-refractivity contribution in [1.29, 1.82) is 0 Å². The average Bonchev–Trinajstić information content (AvgIpc) is 3.34. The average molecular weight is 737 g/mol. The van der Waals surface area contributed by atoms with Crippen molar-refractivity contribution in [3.05, 3.63) is 100 Å². The Hall–Kier alpha value is -3.22. The van der Waals surface area contributed by atoms with Crippen LogP contribution < -0.4 is 19.5 Å². The molecule has 0 saturated carbocycles. The Morgan fingerprint density at radius 1 is 1.00 bits per heavy atom. The maximum Gasteiger partial charge on any atom is 0.0351 e. The van der Waals surface area contributed by atoms with E-state index in [1.54, 1.807) is 53.7 Å². The van der Waals surface area contributed by atoms with Gasteiger partial charge in [-0.3, -0.25) is 0 Å². The fraction of sp³-hybridized carbons (Fsp3) is 0.290. The molecular formula is C31H33N2O6Pb. The number of aldehydes is 1. The number of amidine groups is 1. The van der Waals surface area contributed by atoms with E-state index in [1.807, 2.05) is 55.5 Å². The third-order valence-electron chi connectivity index (χ3n) is 7.19. The molecule has 3 radical (unpaired) electrons. The second-order valence-corrected chi connectivity index (χ2v) is 11.7. The van der Waals surface area contributed by atoms with Gasteiger partial charge in [-0.25, -0.2) is 0 Å². The molecule has 1 heterocycles. The number of benzene rings is 3. The molecular weight excluding hydrogens is 704 g/mol. The minimum absolute atomic E-state index is 0.375. The largest absolute Gasteiger partial charge is 0.388 e. The number of hydrogen-bond donors (Lipinski definition) is 2. The minimum Gasteiger partial charge on any atom is -0.388 e. The SMILES string of the molecule is CN=C(NC1=C(C=O)[CH]([Pb])C2(c3ccc(OC)cc3)Oc3cc(OC)ccc3C12O)c1ccc(C)cc1.COC. The first kappa shape index (κ1) is 29.8. The molecule has 0 amide bonds. The van der Waals surface area contributed by atoms with Crippen molar-refractivity contribution < 1.29 is 28.8 Å². The predicted octanol–water partition coefficient (Wildman–Crippen LogP) is 3.84. The minimum atomic E-state index is -1.69. The van der Waals surface area contributed by atoms with Crippen LogP contribution in [-0.2, 0) is 20.7 Å². The van der Waals surface area contributed by atoms with Crippen LogP contribution >= 0.6 is 0 Å². The Morgan fingerprint density at radius 2 is 1.60 bits per heavy atom. The molecule has 0 saturated heterocycles. The molecule has 0 spiro atoms. The summed E-state index contributed by atoms with van der Waals surface area (Å²) in [4.78, 5) is 17.1. The summed E-state index contributed by atoms with van der Waals surface area (Å²) < 4.78 is 21.4. The molecule has 1 aliphatic heterocycles. The summed E-state index contributed by atoms with van der Waals surface area (Å²) in [7, 11) is 8.12. The number of methoxy groups -OCH3 is 3. The van der Waals surface area contributed by atoms with Gasteiger partial charge >= 0.3 is 233 Å². The van der Waals surface area contributed by atoms with Crippen LogP contribution in [0.2, 0.25) is 3.48 Å². The van der Waals surface area contributed by atoms with E-state index in [-0.39, 0.29) is 3.48 Å². The fourth-order valence-electron chi connectivity index (χ4n) is 5.27. The van der Waals surface area contributed by atoms with Gasteiger partial charge in [0.15, 0.2) is 0 Å². The molecule has 0 aromatic heterocycles. The number of aliphatic hydroxyl groups is 1. The van der Waals surface area contributed by atoms with Crippen LogP contribution in [0.1, 0.15) is 22.3 Å². The van der Waals surface area contributed by atoms with Crippen LogP contribution in [0.5, 0.6) is 17.2 Å². The number of nitrogens with one attached hydrogen (secondary N) is 1. The quantitative estimate of drug-likeness (QED) is 0.172. The predicted molar refractivity (Wildman–Crippen MR) is 154 cm³/mol. The maximum absolute atomic E-state index is 12.8. The van der Waals surface area contributed by atoms with Gasteiger partial charge in [-0.2, -0.15) is 0 Å². The van der Waals surface area contributed by atoms with Crippen LogP contribution in [-0.4, -0.2) is 78.5 Å². The van der Waals surface area contributed by atoms with Crippen LogP contribution in [0, 0.1) is 6.92 Å². The number of ether oxygens (including phenoxy) is 4. The molecule has 3 unspecified atom stereocenters. The summed E-state index contributed by atoms with van der Waals surface area (Å²) in [5.41, 5.74) is 1.17. The molecule has 3 aromatic carbocycles. The first-order valence-electron chi connectivity index (χ1n) is 12.6. The van der Waals surface area contributed by atoms with Crippen molar-refractivity contribution in [2.45, 2.75) is 21.6 Å². The monoisotopic (exact) mass is 737 g/mol. The van der Waals surface area contributed by atoms with Crippen molar-refractivity contribution in [2.24, 2.45) is 4.99 Å². The number of aliphatic imine (C=N–C) groups is 1. The molecule has 0 fully saturated rings. The van der Waals surface area contributed by atoms with E-state index in [0.717, 1.165) is 23.0 Å². The van der Waals surface area contributed by atoms with E-state index >= 15 is 0 Å². The third kappa shape index (κ3) is 4.71. The van der Waals surface area contributed by atoms with Crippen molar-refractivity contribution in [2.75, 3.05) is 35.5 Å². The Bertz CT molecular complexity index is 1440. The van der Waals surface area contributed by atoms with Gasteiger partial charge in [-0.05, 0) is 0 Å². The summed E-state index contributed by atoms with van der Waals surface area (Å²) >= 11 is 0.532. The number of rotatable bonds is 6. The zero-order valence-corrected chi connectivity index (χ0v) is 27.3. The number of carbonyl (C=O) groups excluding carboxylic acids is 1. The van der Waals surface area contributed by atoms with Crippen LogP contribution in [0.25, 0.3) is 0 Å². The summed E-state index contributed by atoms with van der Waals surface area (Å²) in [6.45, 7) is 2.02. The van der Waals surface area contributed by atoms with Crippen LogP contribution in [0.3, 0.4) is 0 Å². The topological polar surface area (TPSA) is 98.6 Å². The first-order chi connectivity index (χ1) is 19.2. The van der Waals surface area contributed by atoms with Gasteiger partial charge in [0, 0.05) is 14.2 Å². The first-order valence-corrected chi connectivity index (χ1v) is 14.9. The molecule has 0 bridgehead atoms. The number of hydrogen-bond acceptors (Lipinski definition) is 7. The molecule has 207 valence electrons. The molecule has 40 heavy (non-hydrogen) atoms. The zero-order valence-electron chi connectivity index (χ0n) is 23.4. The molecule has 8 nitrogen and oxygen atoms in total. The second kappa shape index (κ2) is 12.1. The maximum atomic E-state index is 12.8. The van der Waals surface area contributed by atoms with E-state index in [9.17, 15) is 9.90 Å². The van der Waals surface area contributed by atoms with Crippen molar-refractivity contribution in [3.63, 3.8) is 0 Å². The summed E-state index contributed by atoms with van der Waals surface area (Å²) in [6.07, 6.45) is 0.830. The van der Waals surface area contributed by atoms with Crippen molar-refractivity contribution in [1.82, 2.24) is 5.32 Å². The zero-order chi connectivity index (χ0) is 29.1. The van der Waals surface area contributed by atoms with Crippen molar-refractivity contribution >= 4 is 37.9 Å². The Morgan fingerprint density at radius 3 is 2.15 bits per heavy atom. The van der Waals surface area contributed by atoms with Gasteiger partial charge < -0.3 is 4.74 Å². The van der Waals surface area contributed by atoms with Crippen LogP contribution in [0.15, 0.2) is 83.0 Å². The molecule has 3 atom stereocenters. The van der Waals surface area contributed by atoms with Crippen molar-refractivity contribution in [3.8, 4) is 17.2 Å². The molecule has 1 aliphatic carbocycles. The second-order valence-electron chi connectivity index (χ2n) is 9.49. The van der Waals surface area contributed by atoms with Crippen LogP contribution in [0.4, 0.5) is 0 Å². The Labute approximate surface area is 250 Å². The van der Waals surface area contributed by atoms with Gasteiger partial charge in [0.05, 0.1) is 0 Å². The smallest absolute Gasteiger partial charge is 0.0351 e. The third-order valence-corrected chi connectivity index (χ3v) is 9.98. The normalized spacial score (nSPS) is 22.9. The van der Waals surface area contributed by atoms with Gasteiger partial charge in [0.25, 0.3) is 0 Å². The van der Waals surface area contributed by atoms with E-state index in [1.165, 1.54) is 0 Å². The number of nitrogens with zero attached hydrogens (tertiary/aromatic N) is 1. The van der Waals surface area contributed by atoms with E-state index in [0.29, 0.717) is 65.7 Å². The molecule has 2 aliphatic rings. The van der Waals surface area contributed by atoms with E-state index in [4.69, 9.17) is 14.2 Å². The molecule has 9 heteroatoms. The molecule has 3 aromatic rings. The standard InChI is InChI=1S/C29H27N2O5.C2H6O.Pb/c1-18-5-7-19(8-6-18)27(30-2)31-26-20(17-32)16-28(21-9-11-22(34-3)12-10-21)29(26,33)24-14-13-23(35-4)15-25(24)36-28;1-3-2;/h5-17,33H,1-4H3,(H,30,31);1-2H3;. The number of aryl methyl sites for hydroxylation is 1. The summed E-state index contributed by atoms with van der Waals surface area (Å²) in [6, 6.07) is 20.7. The summed E-state index contributed by atoms with van der Waals surface area (Å²) in [5, 5.41) is 16.2. The Kier molecular flexibility index (Phi) is 9.01. The van der Waals surface area contributed by atoms with Gasteiger partial charge in [-0.1, -0.05) is 0 Å². The number of carbonyl (C=O) groups is 1. The van der Waals surface area contributed by atoms with Gasteiger partial charge in [-0.15, -0.1) is 0 Å². The number of fused-ring (bicyclic) bond motifs is 3. The van der Waals surface area contributed by atoms with Gasteiger partial charge in [0.2, 0.25) is 0 Å². The summed E-state index contributed by atoms with van der Waals surface area (Å²) in [5.74, 6) is 2.35. The van der Waals surface area contributed by atoms with Gasteiger partial charge in [0.1, 0.15) is 0 Å². The Balaban J connectivity index is 0.00000118. The van der Waals surface area contributed by atoms with E-state index < -0.39 is 11.2 Å². The molecule has 5 rings (SSSR count). The fourth-order valence-corrected chi connectivity index (χ4v) is 7.79.